The third-order valence-corrected chi connectivity index (χ3v) is 6.51. The normalized spacial score (nSPS) is 26.1. The lowest BCUT2D eigenvalue weighted by Crippen LogP contribution is -2.41. The molecule has 3 nitrogen and oxygen atoms in total. The summed E-state index contributed by atoms with van der Waals surface area (Å²) in [5.41, 5.74) is -0.580. The number of hydrogen-bond donors (Lipinski definition) is 1. The molecule has 1 saturated heterocycles. The molecule has 0 bridgehead atoms. The van der Waals surface area contributed by atoms with E-state index in [4.69, 9.17) is 9.47 Å². The molecule has 2 aliphatic rings. The van der Waals surface area contributed by atoms with E-state index in [1.54, 1.807) is 6.08 Å². The first-order chi connectivity index (χ1) is 15.0. The average Bonchev–Trinajstić information content (AvgIpc) is 2.98. The molecule has 1 unspecified atom stereocenters. The van der Waals surface area contributed by atoms with Crippen molar-refractivity contribution in [2.45, 2.75) is 82.1 Å². The number of alkyl halides is 3. The Bertz CT molecular complexity index is 909. The van der Waals surface area contributed by atoms with Crippen LogP contribution in [-0.2, 0) is 15.7 Å². The number of unbranched alkanes of at least 4 members (excludes halogenated alkanes) is 1. The quantitative estimate of drug-likeness (QED) is 0.356. The highest BCUT2D eigenvalue weighted by Gasteiger charge is 2.54. The lowest BCUT2D eigenvalue weighted by atomic mass is 9.86. The largest absolute Gasteiger partial charge is 0.416 e. The number of allylic oxidation sites excluding steroid dienone is 2. The van der Waals surface area contributed by atoms with Crippen LogP contribution in [0.5, 0.6) is 0 Å². The van der Waals surface area contributed by atoms with Gasteiger partial charge in [0.15, 0.2) is 11.9 Å². The molecule has 1 heterocycles. The number of rotatable bonds is 5. The standard InChI is InChI=1S/C25H28BrF3O3/c1-23(2)31-22(24(32-23)17-7-6-10-21(24)26)16-15-20(30)9-5-3-4-8-18-11-13-19(14-12-18)25(27,28)29/h4,8,10-14,20,22,30H,3,5-7,9,17H2,1-2H3/b8-4-/t20?,22-,24+/m0/s1. The molecule has 0 radical (unpaired) electrons. The summed E-state index contributed by atoms with van der Waals surface area (Å²) < 4.78 is 51.0. The zero-order valence-electron chi connectivity index (χ0n) is 18.2. The molecule has 1 spiro atoms. The maximum absolute atomic E-state index is 12.6. The maximum Gasteiger partial charge on any atom is 0.416 e. The van der Waals surface area contributed by atoms with Crippen molar-refractivity contribution in [2.24, 2.45) is 0 Å². The summed E-state index contributed by atoms with van der Waals surface area (Å²) in [6.45, 7) is 3.73. The molecule has 32 heavy (non-hydrogen) atoms. The molecule has 7 heteroatoms. The summed E-state index contributed by atoms with van der Waals surface area (Å²) in [7, 11) is 0. The van der Waals surface area contributed by atoms with Crippen LogP contribution in [-0.4, -0.2) is 28.7 Å². The van der Waals surface area contributed by atoms with Crippen LogP contribution in [0.4, 0.5) is 13.2 Å². The van der Waals surface area contributed by atoms with Gasteiger partial charge in [0.1, 0.15) is 11.7 Å². The van der Waals surface area contributed by atoms with Crippen molar-refractivity contribution < 1.29 is 27.8 Å². The number of ether oxygens (including phenoxy) is 2. The highest BCUT2D eigenvalue weighted by molar-refractivity contribution is 9.11. The number of aliphatic hydroxyl groups excluding tert-OH is 1. The summed E-state index contributed by atoms with van der Waals surface area (Å²) >= 11 is 3.63. The van der Waals surface area contributed by atoms with Crippen molar-refractivity contribution in [2.75, 3.05) is 0 Å². The molecular weight excluding hydrogens is 485 g/mol. The Morgan fingerprint density at radius 1 is 1.28 bits per heavy atom. The number of aliphatic hydroxyl groups is 1. The Balaban J connectivity index is 1.50. The molecule has 0 aromatic heterocycles. The smallest absolute Gasteiger partial charge is 0.380 e. The first-order valence-corrected chi connectivity index (χ1v) is 11.6. The average molecular weight is 513 g/mol. The predicted molar refractivity (Wildman–Crippen MR) is 122 cm³/mol. The Labute approximate surface area is 195 Å². The number of hydrogen-bond acceptors (Lipinski definition) is 3. The first-order valence-electron chi connectivity index (χ1n) is 10.8. The van der Waals surface area contributed by atoms with Gasteiger partial charge in [-0.1, -0.05) is 58.1 Å². The third-order valence-electron chi connectivity index (χ3n) is 5.51. The molecule has 1 N–H and O–H groups in total. The van der Waals surface area contributed by atoms with Gasteiger partial charge in [0, 0.05) is 4.48 Å². The highest BCUT2D eigenvalue weighted by Crippen LogP contribution is 2.48. The van der Waals surface area contributed by atoms with Crippen molar-refractivity contribution in [3.63, 3.8) is 0 Å². The molecule has 0 saturated carbocycles. The van der Waals surface area contributed by atoms with Crippen LogP contribution in [0.15, 0.2) is 40.9 Å². The Morgan fingerprint density at radius 3 is 2.66 bits per heavy atom. The van der Waals surface area contributed by atoms with Crippen LogP contribution < -0.4 is 0 Å². The van der Waals surface area contributed by atoms with Gasteiger partial charge in [-0.15, -0.1) is 0 Å². The Hall–Kier alpha value is -1.59. The van der Waals surface area contributed by atoms with Gasteiger partial charge in [0.25, 0.3) is 0 Å². The predicted octanol–water partition coefficient (Wildman–Crippen LogP) is 6.61. The van der Waals surface area contributed by atoms with Crippen molar-refractivity contribution in [3.05, 3.63) is 52.0 Å². The monoisotopic (exact) mass is 512 g/mol. The van der Waals surface area contributed by atoms with Crippen LogP contribution in [0.1, 0.15) is 63.5 Å². The lowest BCUT2D eigenvalue weighted by molar-refractivity contribution is -0.155. The van der Waals surface area contributed by atoms with E-state index in [2.05, 4.69) is 33.8 Å². The topological polar surface area (TPSA) is 38.7 Å². The van der Waals surface area contributed by atoms with E-state index in [0.717, 1.165) is 35.9 Å². The zero-order chi connectivity index (χ0) is 23.4. The fraction of sp³-hybridized carbons (Fsp3) is 0.520. The van der Waals surface area contributed by atoms with Crippen molar-refractivity contribution in [1.82, 2.24) is 0 Å². The van der Waals surface area contributed by atoms with E-state index in [1.807, 2.05) is 19.9 Å². The van der Waals surface area contributed by atoms with E-state index in [-0.39, 0.29) is 0 Å². The zero-order valence-corrected chi connectivity index (χ0v) is 19.8. The van der Waals surface area contributed by atoms with E-state index in [9.17, 15) is 18.3 Å². The van der Waals surface area contributed by atoms with Gasteiger partial charge in [-0.05, 0) is 70.1 Å². The summed E-state index contributed by atoms with van der Waals surface area (Å²) in [6, 6.07) is 5.03. The molecule has 1 aliphatic carbocycles. The first kappa shape index (κ1) is 25.0. The van der Waals surface area contributed by atoms with Crippen LogP contribution in [0, 0.1) is 11.8 Å². The minimum absolute atomic E-state index is 0.461. The molecule has 1 aliphatic heterocycles. The van der Waals surface area contributed by atoms with Gasteiger partial charge in [0.05, 0.1) is 5.56 Å². The highest BCUT2D eigenvalue weighted by atomic mass is 79.9. The number of benzene rings is 1. The molecular formula is C25H28BrF3O3. The van der Waals surface area contributed by atoms with Crippen molar-refractivity contribution >= 4 is 22.0 Å². The minimum Gasteiger partial charge on any atom is -0.380 e. The molecule has 1 aromatic rings. The van der Waals surface area contributed by atoms with E-state index in [0.29, 0.717) is 24.8 Å². The van der Waals surface area contributed by atoms with Gasteiger partial charge in [-0.25, -0.2) is 0 Å². The summed E-state index contributed by atoms with van der Waals surface area (Å²) in [5.74, 6) is 5.24. The molecule has 3 atom stereocenters. The lowest BCUT2D eigenvalue weighted by Gasteiger charge is -2.33. The van der Waals surface area contributed by atoms with Gasteiger partial charge in [-0.2, -0.15) is 13.2 Å². The summed E-state index contributed by atoms with van der Waals surface area (Å²) in [4.78, 5) is 0. The second kappa shape index (κ2) is 10.1. The van der Waals surface area contributed by atoms with Gasteiger partial charge < -0.3 is 14.6 Å². The fourth-order valence-electron chi connectivity index (χ4n) is 3.96. The fourth-order valence-corrected chi connectivity index (χ4v) is 4.67. The van der Waals surface area contributed by atoms with Crippen molar-refractivity contribution in [3.8, 4) is 11.8 Å². The second-order valence-corrected chi connectivity index (χ2v) is 9.45. The van der Waals surface area contributed by atoms with Crippen LogP contribution >= 0.6 is 15.9 Å². The van der Waals surface area contributed by atoms with E-state index >= 15 is 0 Å². The van der Waals surface area contributed by atoms with Crippen molar-refractivity contribution in [1.29, 1.82) is 0 Å². The molecule has 0 amide bonds. The van der Waals surface area contributed by atoms with Crippen LogP contribution in [0.2, 0.25) is 0 Å². The van der Waals surface area contributed by atoms with Crippen LogP contribution in [0.25, 0.3) is 6.08 Å². The van der Waals surface area contributed by atoms with Gasteiger partial charge in [0.2, 0.25) is 0 Å². The Morgan fingerprint density at radius 2 is 2.00 bits per heavy atom. The maximum atomic E-state index is 12.6. The molecule has 174 valence electrons. The molecule has 1 fully saturated rings. The molecule has 3 rings (SSSR count). The SMILES string of the molecule is CC1(C)O[C@@H](C#CC(O)CCC/C=C\c2ccc(C(F)(F)F)cc2)[C@]2(CCCC=C2Br)O1. The van der Waals surface area contributed by atoms with Gasteiger partial charge >= 0.3 is 6.18 Å². The summed E-state index contributed by atoms with van der Waals surface area (Å²) in [5, 5.41) is 10.3. The third kappa shape index (κ3) is 6.26. The number of halogens is 4. The van der Waals surface area contributed by atoms with Gasteiger partial charge in [-0.3, -0.25) is 0 Å². The molecule has 1 aromatic carbocycles. The summed E-state index contributed by atoms with van der Waals surface area (Å²) in [6.07, 6.45) is 4.85. The van der Waals surface area contributed by atoms with Crippen LogP contribution in [0.3, 0.4) is 0 Å². The Kier molecular flexibility index (Phi) is 7.93. The van der Waals surface area contributed by atoms with E-state index in [1.165, 1.54) is 12.1 Å². The van der Waals surface area contributed by atoms with E-state index < -0.39 is 35.3 Å². The second-order valence-electron chi connectivity index (χ2n) is 8.59. The minimum atomic E-state index is -4.33.